The van der Waals surface area contributed by atoms with Gasteiger partial charge in [0.15, 0.2) is 0 Å². The SMILES string of the molecule is CC1NN(c2ccccc2)C(=O)/C1=C(\S)Nc1ccc(Cl)cc1. The minimum absolute atomic E-state index is 0.116. The molecule has 1 aliphatic rings. The van der Waals surface area contributed by atoms with Crippen molar-refractivity contribution < 1.29 is 4.79 Å². The molecule has 1 saturated heterocycles. The number of anilines is 2. The number of hydrazine groups is 1. The first-order valence-corrected chi connectivity index (χ1v) is 8.00. The summed E-state index contributed by atoms with van der Waals surface area (Å²) in [6.45, 7) is 1.93. The minimum atomic E-state index is -0.144. The van der Waals surface area contributed by atoms with Gasteiger partial charge in [0.05, 0.1) is 22.3 Å². The Bertz CT molecular complexity index is 746. The van der Waals surface area contributed by atoms with Crippen LogP contribution in [0.2, 0.25) is 5.02 Å². The maximum absolute atomic E-state index is 12.7. The summed E-state index contributed by atoms with van der Waals surface area (Å²) in [7, 11) is 0. The molecule has 1 unspecified atom stereocenters. The highest BCUT2D eigenvalue weighted by Crippen LogP contribution is 2.27. The first kappa shape index (κ1) is 15.9. The van der Waals surface area contributed by atoms with E-state index in [-0.39, 0.29) is 11.9 Å². The van der Waals surface area contributed by atoms with E-state index in [0.29, 0.717) is 15.6 Å². The third-order valence-corrected chi connectivity index (χ3v) is 4.17. The van der Waals surface area contributed by atoms with Crippen molar-refractivity contribution in [2.75, 3.05) is 10.3 Å². The standard InChI is InChI=1S/C17H16ClN3OS/c1-11-15(16(23)19-13-9-7-12(18)8-10-13)17(22)21(20-11)14-5-3-2-4-6-14/h2-11,19-20,23H,1H3/b16-15-. The molecule has 0 spiro atoms. The van der Waals surface area contributed by atoms with Gasteiger partial charge in [-0.3, -0.25) is 4.79 Å². The molecule has 2 N–H and O–H groups in total. The molecule has 1 aliphatic heterocycles. The molecule has 2 aromatic carbocycles. The van der Waals surface area contributed by atoms with Crippen molar-refractivity contribution in [3.8, 4) is 0 Å². The van der Waals surface area contributed by atoms with Crippen LogP contribution in [-0.2, 0) is 4.79 Å². The second kappa shape index (κ2) is 6.66. The zero-order chi connectivity index (χ0) is 16.4. The van der Waals surface area contributed by atoms with E-state index < -0.39 is 0 Å². The molecule has 0 aromatic heterocycles. The second-order valence-electron chi connectivity index (χ2n) is 5.22. The fourth-order valence-electron chi connectivity index (χ4n) is 2.43. The van der Waals surface area contributed by atoms with Crippen molar-refractivity contribution in [1.29, 1.82) is 0 Å². The molecular formula is C17H16ClN3OS. The molecular weight excluding hydrogens is 330 g/mol. The third kappa shape index (κ3) is 3.37. The van der Waals surface area contributed by atoms with Crippen LogP contribution in [0.3, 0.4) is 0 Å². The molecule has 2 aromatic rings. The van der Waals surface area contributed by atoms with Gasteiger partial charge in [0.25, 0.3) is 5.91 Å². The van der Waals surface area contributed by atoms with E-state index in [0.717, 1.165) is 11.4 Å². The van der Waals surface area contributed by atoms with Crippen molar-refractivity contribution in [2.24, 2.45) is 0 Å². The maximum atomic E-state index is 12.7. The zero-order valence-electron chi connectivity index (χ0n) is 12.5. The number of nitrogens with one attached hydrogen (secondary N) is 2. The number of hydrogen-bond acceptors (Lipinski definition) is 4. The zero-order valence-corrected chi connectivity index (χ0v) is 14.1. The second-order valence-corrected chi connectivity index (χ2v) is 6.10. The molecule has 0 saturated carbocycles. The van der Waals surface area contributed by atoms with Gasteiger partial charge < -0.3 is 5.32 Å². The first-order chi connectivity index (χ1) is 11.1. The van der Waals surface area contributed by atoms with Crippen LogP contribution in [0.4, 0.5) is 11.4 Å². The monoisotopic (exact) mass is 345 g/mol. The first-order valence-electron chi connectivity index (χ1n) is 7.17. The summed E-state index contributed by atoms with van der Waals surface area (Å²) in [5.41, 5.74) is 5.37. The normalized spacial score (nSPS) is 19.9. The predicted octanol–water partition coefficient (Wildman–Crippen LogP) is 3.83. The largest absolute Gasteiger partial charge is 0.350 e. The topological polar surface area (TPSA) is 44.4 Å². The fourth-order valence-corrected chi connectivity index (χ4v) is 2.98. The van der Waals surface area contributed by atoms with Crippen molar-refractivity contribution in [3.05, 3.63) is 70.2 Å². The van der Waals surface area contributed by atoms with Gasteiger partial charge in [0, 0.05) is 10.7 Å². The highest BCUT2D eigenvalue weighted by Gasteiger charge is 2.35. The van der Waals surface area contributed by atoms with Gasteiger partial charge in [0.2, 0.25) is 0 Å². The van der Waals surface area contributed by atoms with Crippen molar-refractivity contribution in [2.45, 2.75) is 13.0 Å². The number of halogens is 1. The lowest BCUT2D eigenvalue weighted by Crippen LogP contribution is -2.36. The summed E-state index contributed by atoms with van der Waals surface area (Å²) in [6.07, 6.45) is 0. The van der Waals surface area contributed by atoms with E-state index in [9.17, 15) is 4.79 Å². The average molecular weight is 346 g/mol. The molecule has 1 heterocycles. The highest BCUT2D eigenvalue weighted by molar-refractivity contribution is 7.84. The molecule has 6 heteroatoms. The van der Waals surface area contributed by atoms with Crippen LogP contribution in [0.15, 0.2) is 65.2 Å². The molecule has 0 radical (unpaired) electrons. The van der Waals surface area contributed by atoms with Crippen LogP contribution in [0.5, 0.6) is 0 Å². The van der Waals surface area contributed by atoms with Gasteiger partial charge in [-0.25, -0.2) is 10.4 Å². The van der Waals surface area contributed by atoms with Crippen LogP contribution in [-0.4, -0.2) is 11.9 Å². The summed E-state index contributed by atoms with van der Waals surface area (Å²) >= 11 is 10.4. The lowest BCUT2D eigenvalue weighted by molar-refractivity contribution is -0.114. The Morgan fingerprint density at radius 2 is 1.83 bits per heavy atom. The van der Waals surface area contributed by atoms with E-state index in [1.165, 1.54) is 0 Å². The number of amides is 1. The summed E-state index contributed by atoms with van der Waals surface area (Å²) in [4.78, 5) is 12.7. The third-order valence-electron chi connectivity index (χ3n) is 3.57. The highest BCUT2D eigenvalue weighted by atomic mass is 35.5. The maximum Gasteiger partial charge on any atom is 0.272 e. The number of thiol groups is 1. The molecule has 4 nitrogen and oxygen atoms in total. The van der Waals surface area contributed by atoms with Crippen LogP contribution in [0.1, 0.15) is 6.92 Å². The smallest absolute Gasteiger partial charge is 0.272 e. The van der Waals surface area contributed by atoms with E-state index in [4.69, 9.17) is 11.6 Å². The molecule has 1 amide bonds. The predicted molar refractivity (Wildman–Crippen MR) is 97.6 cm³/mol. The van der Waals surface area contributed by atoms with Gasteiger partial charge in [-0.05, 0) is 43.3 Å². The Kier molecular flexibility index (Phi) is 4.61. The van der Waals surface area contributed by atoms with E-state index in [1.807, 2.05) is 49.4 Å². The molecule has 1 fully saturated rings. The number of carbonyl (C=O) groups is 1. The van der Waals surface area contributed by atoms with E-state index in [2.05, 4.69) is 23.4 Å². The number of carbonyl (C=O) groups excluding carboxylic acids is 1. The van der Waals surface area contributed by atoms with Crippen LogP contribution < -0.4 is 15.8 Å². The lowest BCUT2D eigenvalue weighted by Gasteiger charge is -2.15. The summed E-state index contributed by atoms with van der Waals surface area (Å²) in [6, 6.07) is 16.6. The number of benzene rings is 2. The van der Waals surface area contributed by atoms with Crippen molar-refractivity contribution >= 4 is 41.5 Å². The number of hydrogen-bond donors (Lipinski definition) is 3. The van der Waals surface area contributed by atoms with Crippen molar-refractivity contribution in [3.63, 3.8) is 0 Å². The Morgan fingerprint density at radius 3 is 2.48 bits per heavy atom. The van der Waals surface area contributed by atoms with Gasteiger partial charge in [-0.1, -0.05) is 29.8 Å². The van der Waals surface area contributed by atoms with E-state index in [1.54, 1.807) is 17.1 Å². The molecule has 1 atom stereocenters. The fraction of sp³-hybridized carbons (Fsp3) is 0.118. The number of para-hydroxylation sites is 1. The van der Waals surface area contributed by atoms with Crippen LogP contribution >= 0.6 is 24.2 Å². The lowest BCUT2D eigenvalue weighted by atomic mass is 10.1. The Morgan fingerprint density at radius 1 is 1.17 bits per heavy atom. The van der Waals surface area contributed by atoms with E-state index >= 15 is 0 Å². The van der Waals surface area contributed by atoms with Crippen molar-refractivity contribution in [1.82, 2.24) is 5.43 Å². The quantitative estimate of drug-likeness (QED) is 0.585. The molecule has 3 rings (SSSR count). The van der Waals surface area contributed by atoms with Gasteiger partial charge in [-0.2, -0.15) is 0 Å². The number of rotatable bonds is 3. The summed E-state index contributed by atoms with van der Waals surface area (Å²) in [5.74, 6) is -0.116. The van der Waals surface area contributed by atoms with Crippen LogP contribution in [0, 0.1) is 0 Å². The number of nitrogens with zero attached hydrogens (tertiary/aromatic N) is 1. The molecule has 23 heavy (non-hydrogen) atoms. The Hall–Kier alpha value is -1.95. The van der Waals surface area contributed by atoms with Gasteiger partial charge in [0.1, 0.15) is 0 Å². The van der Waals surface area contributed by atoms with Gasteiger partial charge >= 0.3 is 0 Å². The molecule has 0 bridgehead atoms. The minimum Gasteiger partial charge on any atom is -0.350 e. The average Bonchev–Trinajstić information content (AvgIpc) is 2.85. The summed E-state index contributed by atoms with van der Waals surface area (Å²) < 4.78 is 0. The molecule has 0 aliphatic carbocycles. The van der Waals surface area contributed by atoms with Gasteiger partial charge in [-0.15, -0.1) is 12.6 Å². The Labute approximate surface area is 145 Å². The van der Waals surface area contributed by atoms with Crippen LogP contribution in [0.25, 0.3) is 0 Å². The molecule has 118 valence electrons. The Balaban J connectivity index is 1.86. The summed E-state index contributed by atoms with van der Waals surface area (Å²) in [5, 5.41) is 5.87.